The van der Waals surface area contributed by atoms with Crippen LogP contribution in [0.15, 0.2) is 24.3 Å². The van der Waals surface area contributed by atoms with Gasteiger partial charge in [0, 0.05) is 19.5 Å². The molecule has 1 aliphatic rings. The Hall–Kier alpha value is -1.96. The predicted octanol–water partition coefficient (Wildman–Crippen LogP) is 2.79. The molecule has 3 aromatic rings. The third-order valence-corrected chi connectivity index (χ3v) is 5.68. The van der Waals surface area contributed by atoms with Crippen LogP contribution in [0.5, 0.6) is 5.88 Å². The molecule has 1 aliphatic heterocycles. The van der Waals surface area contributed by atoms with Gasteiger partial charge in [-0.2, -0.15) is 4.52 Å². The van der Waals surface area contributed by atoms with Crippen molar-refractivity contribution in [1.82, 2.24) is 19.5 Å². The molecule has 0 spiro atoms. The number of thiazole rings is 1. The number of fused-ring (bicyclic) bond motifs is 1. The van der Waals surface area contributed by atoms with Crippen molar-refractivity contribution in [2.24, 2.45) is 0 Å². The van der Waals surface area contributed by atoms with Crippen LogP contribution in [0.1, 0.15) is 34.8 Å². The highest BCUT2D eigenvalue weighted by atomic mass is 32.1. The maximum absolute atomic E-state index is 10.8. The molecule has 0 bridgehead atoms. The zero-order valence-electron chi connectivity index (χ0n) is 14.5. The molecule has 1 atom stereocenters. The second-order valence-corrected chi connectivity index (χ2v) is 7.34. The highest BCUT2D eigenvalue weighted by Crippen LogP contribution is 2.40. The second-order valence-electron chi connectivity index (χ2n) is 6.33. The number of benzene rings is 1. The number of aryl methyl sites for hydroxylation is 2. The van der Waals surface area contributed by atoms with Gasteiger partial charge in [-0.25, -0.2) is 4.98 Å². The molecule has 0 radical (unpaired) electrons. The number of morpholine rings is 1. The number of rotatable bonds is 4. The van der Waals surface area contributed by atoms with Gasteiger partial charge in [-0.1, -0.05) is 48.1 Å². The molecule has 0 saturated carbocycles. The second kappa shape index (κ2) is 6.74. The molecular weight excluding hydrogens is 336 g/mol. The lowest BCUT2D eigenvalue weighted by molar-refractivity contribution is 0.0241. The number of ether oxygens (including phenoxy) is 1. The normalized spacial score (nSPS) is 17.2. The Kier molecular flexibility index (Phi) is 4.45. The van der Waals surface area contributed by atoms with Crippen molar-refractivity contribution in [3.05, 3.63) is 46.1 Å². The molecular formula is C18H22N4O2S. The van der Waals surface area contributed by atoms with Crippen LogP contribution >= 0.6 is 11.3 Å². The first-order valence-corrected chi connectivity index (χ1v) is 9.44. The highest BCUT2D eigenvalue weighted by Gasteiger charge is 2.30. The van der Waals surface area contributed by atoms with Crippen LogP contribution in [0.4, 0.5) is 0 Å². The molecule has 1 aromatic carbocycles. The molecule has 1 saturated heterocycles. The fourth-order valence-corrected chi connectivity index (χ4v) is 4.37. The Morgan fingerprint density at radius 3 is 2.60 bits per heavy atom. The maximum atomic E-state index is 10.8. The van der Waals surface area contributed by atoms with Gasteiger partial charge in [-0.05, 0) is 12.5 Å². The fourth-order valence-electron chi connectivity index (χ4n) is 3.23. The average Bonchev–Trinajstić information content (AvgIpc) is 3.18. The Labute approximate surface area is 150 Å². The summed E-state index contributed by atoms with van der Waals surface area (Å²) in [6, 6.07) is 8.51. The summed E-state index contributed by atoms with van der Waals surface area (Å²) in [5.41, 5.74) is 2.40. The van der Waals surface area contributed by atoms with Gasteiger partial charge in [0.15, 0.2) is 5.82 Å². The van der Waals surface area contributed by atoms with E-state index < -0.39 is 0 Å². The largest absolute Gasteiger partial charge is 0.492 e. The van der Waals surface area contributed by atoms with E-state index in [0.29, 0.717) is 13.2 Å². The van der Waals surface area contributed by atoms with Crippen molar-refractivity contribution >= 4 is 16.3 Å². The van der Waals surface area contributed by atoms with Crippen LogP contribution in [0, 0.1) is 6.92 Å². The van der Waals surface area contributed by atoms with E-state index in [2.05, 4.69) is 46.2 Å². The van der Waals surface area contributed by atoms with Crippen molar-refractivity contribution in [3.8, 4) is 5.88 Å². The number of hydrogen-bond donors (Lipinski definition) is 1. The quantitative estimate of drug-likeness (QED) is 0.777. The maximum Gasteiger partial charge on any atom is 0.230 e. The molecule has 0 amide bonds. The van der Waals surface area contributed by atoms with Crippen molar-refractivity contribution in [3.63, 3.8) is 0 Å². The molecule has 132 valence electrons. The first kappa shape index (κ1) is 16.5. The van der Waals surface area contributed by atoms with Gasteiger partial charge in [-0.15, -0.1) is 5.10 Å². The monoisotopic (exact) mass is 358 g/mol. The van der Waals surface area contributed by atoms with E-state index in [4.69, 9.17) is 4.74 Å². The Bertz CT molecular complexity index is 865. The topological polar surface area (TPSA) is 62.9 Å². The summed E-state index contributed by atoms with van der Waals surface area (Å²) in [5.74, 6) is 0.954. The van der Waals surface area contributed by atoms with Crippen molar-refractivity contribution in [1.29, 1.82) is 0 Å². The molecule has 6 nitrogen and oxygen atoms in total. The minimum atomic E-state index is -0.0110. The van der Waals surface area contributed by atoms with Gasteiger partial charge >= 0.3 is 0 Å². The molecule has 2 aromatic heterocycles. The fraction of sp³-hybridized carbons (Fsp3) is 0.444. The summed E-state index contributed by atoms with van der Waals surface area (Å²) in [4.78, 5) is 8.51. The number of aromatic hydroxyl groups is 1. The summed E-state index contributed by atoms with van der Waals surface area (Å²) in [6.45, 7) is 7.20. The summed E-state index contributed by atoms with van der Waals surface area (Å²) in [6.07, 6.45) is 0.758. The van der Waals surface area contributed by atoms with Crippen molar-refractivity contribution in [2.45, 2.75) is 26.3 Å². The smallest absolute Gasteiger partial charge is 0.230 e. The van der Waals surface area contributed by atoms with Gasteiger partial charge < -0.3 is 9.84 Å². The van der Waals surface area contributed by atoms with Crippen LogP contribution in [0.2, 0.25) is 0 Å². The molecule has 4 rings (SSSR count). The van der Waals surface area contributed by atoms with Gasteiger partial charge in [0.05, 0.1) is 24.1 Å². The molecule has 0 unspecified atom stereocenters. The summed E-state index contributed by atoms with van der Waals surface area (Å²) in [5, 5.41) is 15.2. The van der Waals surface area contributed by atoms with E-state index in [-0.39, 0.29) is 11.9 Å². The predicted molar refractivity (Wildman–Crippen MR) is 97.3 cm³/mol. The zero-order chi connectivity index (χ0) is 17.4. The number of nitrogens with zero attached hydrogens (tertiary/aromatic N) is 4. The van der Waals surface area contributed by atoms with E-state index in [1.54, 1.807) is 4.52 Å². The van der Waals surface area contributed by atoms with Crippen LogP contribution in [0.25, 0.3) is 4.96 Å². The van der Waals surface area contributed by atoms with Crippen LogP contribution in [0.3, 0.4) is 0 Å². The first-order chi connectivity index (χ1) is 12.2. The summed E-state index contributed by atoms with van der Waals surface area (Å²) >= 11 is 1.52. The van der Waals surface area contributed by atoms with E-state index in [1.165, 1.54) is 22.5 Å². The van der Waals surface area contributed by atoms with Crippen molar-refractivity contribution < 1.29 is 9.84 Å². The molecule has 1 N–H and O–H groups in total. The lowest BCUT2D eigenvalue weighted by atomic mass is 10.0. The molecule has 1 fully saturated rings. The lowest BCUT2D eigenvalue weighted by Gasteiger charge is -2.34. The third-order valence-electron chi connectivity index (χ3n) is 4.61. The SMILES string of the molecule is CCc1nc2sc([C@@H](c3ccc(C)cc3)N3CCOCC3)c(O)n2n1. The minimum absolute atomic E-state index is 0.0110. The summed E-state index contributed by atoms with van der Waals surface area (Å²) < 4.78 is 7.08. The Morgan fingerprint density at radius 1 is 1.24 bits per heavy atom. The zero-order valence-corrected chi connectivity index (χ0v) is 15.3. The third kappa shape index (κ3) is 3.03. The molecule has 3 heterocycles. The summed E-state index contributed by atoms with van der Waals surface area (Å²) in [7, 11) is 0. The highest BCUT2D eigenvalue weighted by molar-refractivity contribution is 7.17. The van der Waals surface area contributed by atoms with E-state index in [1.807, 2.05) is 6.92 Å². The Morgan fingerprint density at radius 2 is 1.96 bits per heavy atom. The number of hydrogen-bond acceptors (Lipinski definition) is 6. The van der Waals surface area contributed by atoms with E-state index >= 15 is 0 Å². The minimum Gasteiger partial charge on any atom is -0.492 e. The standard InChI is InChI=1S/C18H22N4O2S/c1-3-14-19-18-22(20-14)17(23)16(25-18)15(21-8-10-24-11-9-21)13-6-4-12(2)5-7-13/h4-7,15,23H,3,8-11H2,1-2H3/t15-/m1/s1. The van der Waals surface area contributed by atoms with Gasteiger partial charge in [-0.3, -0.25) is 4.90 Å². The molecule has 7 heteroatoms. The van der Waals surface area contributed by atoms with Crippen LogP contribution < -0.4 is 0 Å². The number of aromatic nitrogens is 3. The van der Waals surface area contributed by atoms with Gasteiger partial charge in [0.1, 0.15) is 0 Å². The Balaban J connectivity index is 1.80. The molecule has 25 heavy (non-hydrogen) atoms. The lowest BCUT2D eigenvalue weighted by Crippen LogP contribution is -2.39. The average molecular weight is 358 g/mol. The first-order valence-electron chi connectivity index (χ1n) is 8.63. The van der Waals surface area contributed by atoms with Crippen LogP contribution in [-0.2, 0) is 11.2 Å². The molecule has 0 aliphatic carbocycles. The van der Waals surface area contributed by atoms with E-state index in [0.717, 1.165) is 35.2 Å². The van der Waals surface area contributed by atoms with Crippen LogP contribution in [-0.4, -0.2) is 50.9 Å². The van der Waals surface area contributed by atoms with Gasteiger partial charge in [0.25, 0.3) is 0 Å². The van der Waals surface area contributed by atoms with Gasteiger partial charge in [0.2, 0.25) is 10.8 Å². The van der Waals surface area contributed by atoms with E-state index in [9.17, 15) is 5.11 Å². The van der Waals surface area contributed by atoms with Crippen molar-refractivity contribution in [2.75, 3.05) is 26.3 Å².